The van der Waals surface area contributed by atoms with Gasteiger partial charge in [0.2, 0.25) is 0 Å². The van der Waals surface area contributed by atoms with Crippen molar-refractivity contribution in [3.05, 3.63) is 27.3 Å². The van der Waals surface area contributed by atoms with Crippen molar-refractivity contribution in [1.82, 2.24) is 4.98 Å². The Hall–Kier alpha value is -0.640. The van der Waals surface area contributed by atoms with Gasteiger partial charge in [0.1, 0.15) is 4.83 Å². The van der Waals surface area contributed by atoms with Crippen LogP contribution in [-0.2, 0) is 30.6 Å². The summed E-state index contributed by atoms with van der Waals surface area (Å²) in [5.74, 6) is 0. The van der Waals surface area contributed by atoms with Gasteiger partial charge in [-0.15, -0.1) is 23.7 Å². The third kappa shape index (κ3) is 1.61. The fourth-order valence-electron chi connectivity index (χ4n) is 3.21. The molecule has 18 heavy (non-hydrogen) atoms. The second-order valence-electron chi connectivity index (χ2n) is 5.00. The SMILES string of the molecule is Cc1c2c(nc3sc4c(c13)CCOC4)CCC2.Cl. The second kappa shape index (κ2) is 4.48. The number of halogens is 1. The number of aromatic nitrogens is 1. The summed E-state index contributed by atoms with van der Waals surface area (Å²) in [4.78, 5) is 7.54. The Bertz CT molecular complexity index is 620. The summed E-state index contributed by atoms with van der Waals surface area (Å²) in [5.41, 5.74) is 5.91. The summed E-state index contributed by atoms with van der Waals surface area (Å²) >= 11 is 1.84. The van der Waals surface area contributed by atoms with Gasteiger partial charge < -0.3 is 4.74 Å². The smallest absolute Gasteiger partial charge is 0.124 e. The minimum absolute atomic E-state index is 0. The molecule has 0 saturated heterocycles. The van der Waals surface area contributed by atoms with E-state index >= 15 is 0 Å². The lowest BCUT2D eigenvalue weighted by Crippen LogP contribution is -2.07. The van der Waals surface area contributed by atoms with Gasteiger partial charge in [-0.05, 0) is 49.3 Å². The first-order chi connectivity index (χ1) is 8.34. The van der Waals surface area contributed by atoms with E-state index in [1.807, 2.05) is 11.3 Å². The van der Waals surface area contributed by atoms with E-state index in [1.54, 1.807) is 0 Å². The molecule has 2 nitrogen and oxygen atoms in total. The molecule has 0 spiro atoms. The van der Waals surface area contributed by atoms with Crippen LogP contribution in [0.25, 0.3) is 10.2 Å². The van der Waals surface area contributed by atoms with Crippen molar-refractivity contribution in [2.45, 2.75) is 39.2 Å². The van der Waals surface area contributed by atoms with Crippen LogP contribution in [0, 0.1) is 6.92 Å². The van der Waals surface area contributed by atoms with E-state index in [-0.39, 0.29) is 12.4 Å². The molecule has 1 aliphatic heterocycles. The number of nitrogens with zero attached hydrogens (tertiary/aromatic N) is 1. The maximum absolute atomic E-state index is 5.55. The fourth-order valence-corrected chi connectivity index (χ4v) is 4.45. The normalized spacial score (nSPS) is 17.4. The van der Waals surface area contributed by atoms with Gasteiger partial charge in [-0.1, -0.05) is 0 Å². The Labute approximate surface area is 117 Å². The zero-order valence-corrected chi connectivity index (χ0v) is 12.0. The number of fused-ring (bicyclic) bond motifs is 4. The number of ether oxygens (including phenoxy) is 1. The van der Waals surface area contributed by atoms with E-state index in [0.717, 1.165) is 19.6 Å². The minimum atomic E-state index is 0. The Kier molecular flexibility index (Phi) is 3.08. The molecule has 0 amide bonds. The van der Waals surface area contributed by atoms with E-state index < -0.39 is 0 Å². The highest BCUT2D eigenvalue weighted by Crippen LogP contribution is 2.38. The topological polar surface area (TPSA) is 22.1 Å². The van der Waals surface area contributed by atoms with E-state index in [9.17, 15) is 0 Å². The predicted octanol–water partition coefficient (Wildman–Crippen LogP) is 3.59. The maximum Gasteiger partial charge on any atom is 0.124 e. The quantitative estimate of drug-likeness (QED) is 0.736. The largest absolute Gasteiger partial charge is 0.376 e. The Morgan fingerprint density at radius 1 is 1.17 bits per heavy atom. The van der Waals surface area contributed by atoms with Crippen LogP contribution in [0.4, 0.5) is 0 Å². The zero-order valence-electron chi connectivity index (χ0n) is 10.4. The van der Waals surface area contributed by atoms with Gasteiger partial charge in [0.05, 0.1) is 13.2 Å². The predicted molar refractivity (Wildman–Crippen MR) is 77.0 cm³/mol. The van der Waals surface area contributed by atoms with Crippen LogP contribution < -0.4 is 0 Å². The lowest BCUT2D eigenvalue weighted by atomic mass is 10.00. The molecule has 0 atom stereocenters. The molecule has 0 N–H and O–H groups in total. The van der Waals surface area contributed by atoms with Crippen molar-refractivity contribution in [3.63, 3.8) is 0 Å². The third-order valence-corrected chi connectivity index (χ3v) is 5.15. The number of aryl methyl sites for hydroxylation is 2. The maximum atomic E-state index is 5.55. The van der Waals surface area contributed by atoms with E-state index in [2.05, 4.69) is 6.92 Å². The van der Waals surface area contributed by atoms with Gasteiger partial charge in [-0.2, -0.15) is 0 Å². The van der Waals surface area contributed by atoms with Crippen molar-refractivity contribution < 1.29 is 4.74 Å². The van der Waals surface area contributed by atoms with E-state index in [4.69, 9.17) is 9.72 Å². The first-order valence-electron chi connectivity index (χ1n) is 6.35. The lowest BCUT2D eigenvalue weighted by molar-refractivity contribution is 0.114. The molecule has 96 valence electrons. The van der Waals surface area contributed by atoms with Gasteiger partial charge in [-0.3, -0.25) is 0 Å². The van der Waals surface area contributed by atoms with Crippen molar-refractivity contribution in [2.75, 3.05) is 6.61 Å². The van der Waals surface area contributed by atoms with Gasteiger partial charge in [-0.25, -0.2) is 4.98 Å². The number of hydrogen-bond acceptors (Lipinski definition) is 3. The van der Waals surface area contributed by atoms with Gasteiger partial charge in [0.15, 0.2) is 0 Å². The van der Waals surface area contributed by atoms with Crippen LogP contribution in [0.5, 0.6) is 0 Å². The standard InChI is InChI=1S/C14H15NOS.ClH/c1-8-9-3-2-4-11(9)15-14-13(8)10-5-6-16-7-12(10)17-14;/h2-7H2,1H3;1H. The van der Waals surface area contributed by atoms with Crippen LogP contribution >= 0.6 is 23.7 Å². The molecule has 0 radical (unpaired) electrons. The summed E-state index contributed by atoms with van der Waals surface area (Å²) in [5, 5.41) is 1.45. The van der Waals surface area contributed by atoms with Crippen molar-refractivity contribution >= 4 is 34.0 Å². The fraction of sp³-hybridized carbons (Fsp3) is 0.500. The van der Waals surface area contributed by atoms with Crippen molar-refractivity contribution in [2.24, 2.45) is 0 Å². The number of hydrogen-bond donors (Lipinski definition) is 0. The molecule has 2 aromatic rings. The molecule has 0 bridgehead atoms. The summed E-state index contributed by atoms with van der Waals surface area (Å²) < 4.78 is 5.55. The lowest BCUT2D eigenvalue weighted by Gasteiger charge is -2.13. The first-order valence-corrected chi connectivity index (χ1v) is 7.16. The van der Waals surface area contributed by atoms with Gasteiger partial charge in [0.25, 0.3) is 0 Å². The third-order valence-electron chi connectivity index (χ3n) is 4.05. The highest BCUT2D eigenvalue weighted by atomic mass is 35.5. The molecule has 4 rings (SSSR count). The van der Waals surface area contributed by atoms with Crippen molar-refractivity contribution in [3.8, 4) is 0 Å². The molecule has 0 aromatic carbocycles. The van der Waals surface area contributed by atoms with Crippen LogP contribution in [0.15, 0.2) is 0 Å². The molecule has 3 heterocycles. The van der Waals surface area contributed by atoms with E-state index in [0.29, 0.717) is 0 Å². The highest BCUT2D eigenvalue weighted by molar-refractivity contribution is 7.18. The second-order valence-corrected chi connectivity index (χ2v) is 6.09. The van der Waals surface area contributed by atoms with Crippen LogP contribution in [-0.4, -0.2) is 11.6 Å². The van der Waals surface area contributed by atoms with Crippen LogP contribution in [0.1, 0.15) is 33.7 Å². The molecular formula is C14H16ClNOS. The highest BCUT2D eigenvalue weighted by Gasteiger charge is 2.23. The first kappa shape index (κ1) is 12.4. The molecule has 2 aromatic heterocycles. The average molecular weight is 282 g/mol. The van der Waals surface area contributed by atoms with Gasteiger partial charge in [0, 0.05) is 16.0 Å². The minimum Gasteiger partial charge on any atom is -0.376 e. The number of rotatable bonds is 0. The van der Waals surface area contributed by atoms with E-state index in [1.165, 1.54) is 56.7 Å². The Morgan fingerprint density at radius 2 is 2.06 bits per heavy atom. The molecule has 0 saturated carbocycles. The molecule has 1 aliphatic carbocycles. The number of thiophene rings is 1. The monoisotopic (exact) mass is 281 g/mol. The van der Waals surface area contributed by atoms with Crippen molar-refractivity contribution in [1.29, 1.82) is 0 Å². The molecule has 4 heteroatoms. The van der Waals surface area contributed by atoms with Gasteiger partial charge >= 0.3 is 0 Å². The molecule has 0 fully saturated rings. The average Bonchev–Trinajstić information content (AvgIpc) is 2.92. The Balaban J connectivity index is 0.000001000. The van der Waals surface area contributed by atoms with Crippen LogP contribution in [0.3, 0.4) is 0 Å². The molecular weight excluding hydrogens is 266 g/mol. The molecule has 2 aliphatic rings. The summed E-state index contributed by atoms with van der Waals surface area (Å²) in [6.45, 7) is 3.95. The molecule has 0 unspecified atom stereocenters. The zero-order chi connectivity index (χ0) is 11.4. The summed E-state index contributed by atoms with van der Waals surface area (Å²) in [6, 6.07) is 0. The Morgan fingerprint density at radius 3 is 2.94 bits per heavy atom. The summed E-state index contributed by atoms with van der Waals surface area (Å²) in [6.07, 6.45) is 4.75. The van der Waals surface area contributed by atoms with Crippen LogP contribution in [0.2, 0.25) is 0 Å². The summed E-state index contributed by atoms with van der Waals surface area (Å²) in [7, 11) is 0. The number of pyridine rings is 1.